The highest BCUT2D eigenvalue weighted by Crippen LogP contribution is 1.97. The zero-order valence-electron chi connectivity index (χ0n) is 9.25. The average molecular weight is 209 g/mol. The highest BCUT2D eigenvalue weighted by Gasteiger charge is 2.02. The van der Waals surface area contributed by atoms with Crippen molar-refractivity contribution in [2.24, 2.45) is 0 Å². The molecule has 0 saturated carbocycles. The minimum Gasteiger partial charge on any atom is -0.356 e. The van der Waals surface area contributed by atoms with Crippen molar-refractivity contribution in [3.63, 3.8) is 0 Å². The second-order valence-electron chi connectivity index (χ2n) is 3.66. The summed E-state index contributed by atoms with van der Waals surface area (Å²) in [5.74, 6) is 0.0655. The van der Waals surface area contributed by atoms with Gasteiger partial charge in [-0.1, -0.05) is 26.2 Å². The van der Waals surface area contributed by atoms with Gasteiger partial charge in [0.05, 0.1) is 12.7 Å². The summed E-state index contributed by atoms with van der Waals surface area (Å²) < 4.78 is 0. The number of amides is 1. The molecule has 1 amide bonds. The Bertz CT molecular complexity index is 269. The summed E-state index contributed by atoms with van der Waals surface area (Å²) in [6.45, 7) is 2.96. The second-order valence-corrected chi connectivity index (χ2v) is 3.66. The van der Waals surface area contributed by atoms with Gasteiger partial charge in [-0.3, -0.25) is 4.79 Å². The smallest absolute Gasteiger partial charge is 0.225 e. The Labute approximate surface area is 90.5 Å². The zero-order valence-corrected chi connectivity index (χ0v) is 9.25. The first kappa shape index (κ1) is 11.8. The molecule has 0 atom stereocenters. The zero-order chi connectivity index (χ0) is 10.9. The lowest BCUT2D eigenvalue weighted by Gasteiger charge is -2.03. The third kappa shape index (κ3) is 5.20. The molecule has 2 N–H and O–H groups in total. The third-order valence-electron chi connectivity index (χ3n) is 2.26. The molecular formula is C11H19N3O. The molecule has 0 radical (unpaired) electrons. The summed E-state index contributed by atoms with van der Waals surface area (Å²) in [5.41, 5.74) is 0.862. The van der Waals surface area contributed by atoms with Gasteiger partial charge in [-0.05, 0) is 6.42 Å². The predicted octanol–water partition coefficient (Wildman–Crippen LogP) is 1.65. The van der Waals surface area contributed by atoms with Crippen LogP contribution in [0.2, 0.25) is 0 Å². The number of carbonyl (C=O) groups excluding carboxylic acids is 1. The van der Waals surface area contributed by atoms with Crippen LogP contribution in [0.15, 0.2) is 12.5 Å². The van der Waals surface area contributed by atoms with Gasteiger partial charge in [0.2, 0.25) is 5.91 Å². The number of hydrogen-bond acceptors (Lipinski definition) is 2. The van der Waals surface area contributed by atoms with E-state index >= 15 is 0 Å². The molecule has 0 aliphatic rings. The molecule has 0 aliphatic carbocycles. The molecule has 4 nitrogen and oxygen atoms in total. The number of aromatic nitrogens is 2. The van der Waals surface area contributed by atoms with E-state index in [4.69, 9.17) is 0 Å². The van der Waals surface area contributed by atoms with Crippen LogP contribution in [0.4, 0.5) is 0 Å². The maximum atomic E-state index is 11.4. The summed E-state index contributed by atoms with van der Waals surface area (Å²) in [6, 6.07) is 0. The van der Waals surface area contributed by atoms with Crippen LogP contribution in [-0.2, 0) is 11.2 Å². The SMILES string of the molecule is CCCCCCNC(=O)Cc1cnc[nH]1. The molecule has 0 fully saturated rings. The summed E-state index contributed by atoms with van der Waals surface area (Å²) in [4.78, 5) is 18.2. The average Bonchev–Trinajstić information content (AvgIpc) is 2.70. The van der Waals surface area contributed by atoms with Gasteiger partial charge in [-0.15, -0.1) is 0 Å². The van der Waals surface area contributed by atoms with Gasteiger partial charge in [0.15, 0.2) is 0 Å². The Morgan fingerprint density at radius 3 is 3.00 bits per heavy atom. The molecule has 0 saturated heterocycles. The number of imidazole rings is 1. The number of H-pyrrole nitrogens is 1. The van der Waals surface area contributed by atoms with Crippen molar-refractivity contribution in [3.05, 3.63) is 18.2 Å². The lowest BCUT2D eigenvalue weighted by atomic mass is 10.2. The molecule has 0 spiro atoms. The highest BCUT2D eigenvalue weighted by molar-refractivity contribution is 5.77. The van der Waals surface area contributed by atoms with Gasteiger partial charge in [0.1, 0.15) is 0 Å². The number of carbonyl (C=O) groups is 1. The van der Waals surface area contributed by atoms with E-state index in [1.54, 1.807) is 12.5 Å². The first-order chi connectivity index (χ1) is 7.33. The number of rotatable bonds is 7. The van der Waals surface area contributed by atoms with Crippen molar-refractivity contribution in [1.82, 2.24) is 15.3 Å². The maximum Gasteiger partial charge on any atom is 0.225 e. The minimum atomic E-state index is 0.0655. The van der Waals surface area contributed by atoms with Gasteiger partial charge in [0, 0.05) is 18.4 Å². The monoisotopic (exact) mass is 209 g/mol. The number of nitrogens with zero attached hydrogens (tertiary/aromatic N) is 1. The normalized spacial score (nSPS) is 10.2. The first-order valence-corrected chi connectivity index (χ1v) is 5.57. The topological polar surface area (TPSA) is 57.8 Å². The van der Waals surface area contributed by atoms with Gasteiger partial charge in [-0.25, -0.2) is 4.98 Å². The van der Waals surface area contributed by atoms with Crippen LogP contribution < -0.4 is 5.32 Å². The van der Waals surface area contributed by atoms with Crippen molar-refractivity contribution < 1.29 is 4.79 Å². The second kappa shape index (κ2) is 7.04. The van der Waals surface area contributed by atoms with Crippen LogP contribution in [0.25, 0.3) is 0 Å². The highest BCUT2D eigenvalue weighted by atomic mass is 16.1. The minimum absolute atomic E-state index is 0.0655. The fourth-order valence-corrected chi connectivity index (χ4v) is 1.40. The molecule has 84 valence electrons. The molecule has 0 aromatic carbocycles. The molecule has 0 unspecified atom stereocenters. The van der Waals surface area contributed by atoms with Crippen LogP contribution in [0.3, 0.4) is 0 Å². The molecule has 1 aromatic heterocycles. The third-order valence-corrected chi connectivity index (χ3v) is 2.26. The van der Waals surface area contributed by atoms with E-state index in [-0.39, 0.29) is 5.91 Å². The van der Waals surface area contributed by atoms with Crippen LogP contribution in [0, 0.1) is 0 Å². The van der Waals surface area contributed by atoms with Gasteiger partial charge in [-0.2, -0.15) is 0 Å². The van der Waals surface area contributed by atoms with Gasteiger partial charge < -0.3 is 10.3 Å². The first-order valence-electron chi connectivity index (χ1n) is 5.57. The van der Waals surface area contributed by atoms with Crippen LogP contribution in [-0.4, -0.2) is 22.4 Å². The fraction of sp³-hybridized carbons (Fsp3) is 0.636. The molecular weight excluding hydrogens is 190 g/mol. The largest absolute Gasteiger partial charge is 0.356 e. The van der Waals surface area contributed by atoms with Crippen molar-refractivity contribution >= 4 is 5.91 Å². The van der Waals surface area contributed by atoms with E-state index in [1.165, 1.54) is 19.3 Å². The Balaban J connectivity index is 2.04. The van der Waals surface area contributed by atoms with Crippen LogP contribution in [0.5, 0.6) is 0 Å². The molecule has 0 aliphatic heterocycles. The molecule has 1 aromatic rings. The summed E-state index contributed by atoms with van der Waals surface area (Å²) in [6.07, 6.45) is 8.40. The number of aromatic amines is 1. The van der Waals surface area contributed by atoms with E-state index in [0.717, 1.165) is 18.7 Å². The Morgan fingerprint density at radius 2 is 2.33 bits per heavy atom. The number of hydrogen-bond donors (Lipinski definition) is 2. The Hall–Kier alpha value is -1.32. The van der Waals surface area contributed by atoms with Crippen molar-refractivity contribution in [2.45, 2.75) is 39.0 Å². The van der Waals surface area contributed by atoms with E-state index in [0.29, 0.717) is 6.42 Å². The molecule has 15 heavy (non-hydrogen) atoms. The summed E-state index contributed by atoms with van der Waals surface area (Å²) >= 11 is 0. The Morgan fingerprint density at radius 1 is 1.47 bits per heavy atom. The van der Waals surface area contributed by atoms with Gasteiger partial charge >= 0.3 is 0 Å². The quantitative estimate of drug-likeness (QED) is 0.671. The van der Waals surface area contributed by atoms with Crippen LogP contribution in [0.1, 0.15) is 38.3 Å². The standard InChI is InChI=1S/C11H19N3O/c1-2-3-4-5-6-13-11(15)7-10-8-12-9-14-10/h8-9H,2-7H2,1H3,(H,12,14)(H,13,15). The predicted molar refractivity (Wildman–Crippen MR) is 59.4 cm³/mol. The number of unbranched alkanes of at least 4 members (excludes halogenated alkanes) is 3. The van der Waals surface area contributed by atoms with E-state index < -0.39 is 0 Å². The van der Waals surface area contributed by atoms with Crippen molar-refractivity contribution in [1.29, 1.82) is 0 Å². The lowest BCUT2D eigenvalue weighted by molar-refractivity contribution is -0.120. The molecule has 4 heteroatoms. The van der Waals surface area contributed by atoms with Gasteiger partial charge in [0.25, 0.3) is 0 Å². The van der Waals surface area contributed by atoms with E-state index in [9.17, 15) is 4.79 Å². The summed E-state index contributed by atoms with van der Waals surface area (Å²) in [5, 5.41) is 2.89. The molecule has 1 heterocycles. The Kier molecular flexibility index (Phi) is 5.51. The lowest BCUT2D eigenvalue weighted by Crippen LogP contribution is -2.26. The number of nitrogens with one attached hydrogen (secondary N) is 2. The summed E-state index contributed by atoms with van der Waals surface area (Å²) in [7, 11) is 0. The molecule has 1 rings (SSSR count). The van der Waals surface area contributed by atoms with Crippen molar-refractivity contribution in [2.75, 3.05) is 6.54 Å². The maximum absolute atomic E-state index is 11.4. The van der Waals surface area contributed by atoms with E-state index in [2.05, 4.69) is 22.2 Å². The van der Waals surface area contributed by atoms with E-state index in [1.807, 2.05) is 0 Å². The van der Waals surface area contributed by atoms with Crippen LogP contribution >= 0.6 is 0 Å². The fourth-order valence-electron chi connectivity index (χ4n) is 1.40. The van der Waals surface area contributed by atoms with Crippen molar-refractivity contribution in [3.8, 4) is 0 Å². The molecule has 0 bridgehead atoms.